The Kier molecular flexibility index (Phi) is 5.14. The molecule has 21 heavy (non-hydrogen) atoms. The average molecular weight is 291 g/mol. The molecule has 1 saturated heterocycles. The van der Waals surface area contributed by atoms with Crippen LogP contribution in [0.4, 0.5) is 11.4 Å². The summed E-state index contributed by atoms with van der Waals surface area (Å²) in [6, 6.07) is 4.90. The van der Waals surface area contributed by atoms with Gasteiger partial charge in [0.05, 0.1) is 4.92 Å². The third kappa shape index (κ3) is 3.51. The second kappa shape index (κ2) is 7.06. The van der Waals surface area contributed by atoms with Gasteiger partial charge in [0.25, 0.3) is 5.91 Å². The van der Waals surface area contributed by atoms with Gasteiger partial charge in [-0.2, -0.15) is 0 Å². The van der Waals surface area contributed by atoms with Crippen LogP contribution in [0.25, 0.3) is 0 Å². The topological polar surface area (TPSA) is 75.5 Å². The molecule has 0 unspecified atom stereocenters. The molecular formula is C15H21N3O3. The number of carbonyl (C=O) groups excluding carboxylic acids is 1. The van der Waals surface area contributed by atoms with Crippen LogP contribution in [0.1, 0.15) is 43.0 Å². The van der Waals surface area contributed by atoms with E-state index in [2.05, 4.69) is 5.32 Å². The van der Waals surface area contributed by atoms with Gasteiger partial charge in [0.2, 0.25) is 0 Å². The van der Waals surface area contributed by atoms with Crippen molar-refractivity contribution in [2.24, 2.45) is 0 Å². The van der Waals surface area contributed by atoms with Crippen molar-refractivity contribution < 1.29 is 9.72 Å². The van der Waals surface area contributed by atoms with Gasteiger partial charge in [0, 0.05) is 19.6 Å². The van der Waals surface area contributed by atoms with Crippen LogP contribution in [0, 0.1) is 10.1 Å². The van der Waals surface area contributed by atoms with E-state index in [1.54, 1.807) is 23.1 Å². The maximum absolute atomic E-state index is 12.5. The van der Waals surface area contributed by atoms with Crippen molar-refractivity contribution in [1.82, 2.24) is 4.90 Å². The minimum Gasteiger partial charge on any atom is -0.379 e. The van der Waals surface area contributed by atoms with Crippen LogP contribution in [0.2, 0.25) is 0 Å². The molecule has 114 valence electrons. The molecule has 0 aliphatic carbocycles. The van der Waals surface area contributed by atoms with E-state index in [4.69, 9.17) is 0 Å². The molecule has 6 heteroatoms. The summed E-state index contributed by atoms with van der Waals surface area (Å²) in [5.74, 6) is -0.235. The fourth-order valence-corrected chi connectivity index (χ4v) is 2.58. The zero-order valence-electron chi connectivity index (χ0n) is 12.3. The average Bonchev–Trinajstić information content (AvgIpc) is 2.52. The lowest BCUT2D eigenvalue weighted by Crippen LogP contribution is -2.36. The van der Waals surface area contributed by atoms with Crippen LogP contribution in [-0.2, 0) is 0 Å². The molecule has 1 aliphatic heterocycles. The van der Waals surface area contributed by atoms with E-state index in [-0.39, 0.29) is 17.2 Å². The lowest BCUT2D eigenvalue weighted by atomic mass is 10.1. The van der Waals surface area contributed by atoms with Crippen LogP contribution in [-0.4, -0.2) is 35.4 Å². The Morgan fingerprint density at radius 3 is 2.67 bits per heavy atom. The Labute approximate surface area is 124 Å². The summed E-state index contributed by atoms with van der Waals surface area (Å²) in [7, 11) is 0. The summed E-state index contributed by atoms with van der Waals surface area (Å²) in [5, 5.41) is 14.4. The minimum atomic E-state index is -0.463. The van der Waals surface area contributed by atoms with Gasteiger partial charge in [0.1, 0.15) is 11.3 Å². The maximum Gasteiger partial charge on any atom is 0.305 e. The number of hydrogen-bond acceptors (Lipinski definition) is 4. The zero-order valence-corrected chi connectivity index (χ0v) is 12.3. The number of anilines is 1. The van der Waals surface area contributed by atoms with Gasteiger partial charge < -0.3 is 10.2 Å². The smallest absolute Gasteiger partial charge is 0.305 e. The summed E-state index contributed by atoms with van der Waals surface area (Å²) in [4.78, 5) is 25.2. The third-order valence-electron chi connectivity index (χ3n) is 3.66. The summed E-state index contributed by atoms with van der Waals surface area (Å²) in [6.07, 6.45) is 3.91. The van der Waals surface area contributed by atoms with Crippen molar-refractivity contribution in [3.63, 3.8) is 0 Å². The number of amides is 1. The van der Waals surface area contributed by atoms with Crippen LogP contribution in [0.5, 0.6) is 0 Å². The number of rotatable bonds is 5. The number of para-hydroxylation sites is 1. The fourth-order valence-electron chi connectivity index (χ4n) is 2.58. The van der Waals surface area contributed by atoms with E-state index < -0.39 is 4.92 Å². The summed E-state index contributed by atoms with van der Waals surface area (Å²) < 4.78 is 0. The summed E-state index contributed by atoms with van der Waals surface area (Å²) in [5.41, 5.74) is 0.495. The normalized spacial score (nSPS) is 14.8. The van der Waals surface area contributed by atoms with Crippen molar-refractivity contribution in [1.29, 1.82) is 0 Å². The predicted molar refractivity (Wildman–Crippen MR) is 81.6 cm³/mol. The minimum absolute atomic E-state index is 0.110. The number of carbonyl (C=O) groups is 1. The van der Waals surface area contributed by atoms with Crippen LogP contribution >= 0.6 is 0 Å². The largest absolute Gasteiger partial charge is 0.379 e. The highest BCUT2D eigenvalue weighted by atomic mass is 16.6. The monoisotopic (exact) mass is 291 g/mol. The van der Waals surface area contributed by atoms with Crippen molar-refractivity contribution in [3.05, 3.63) is 33.9 Å². The highest BCUT2D eigenvalue weighted by Gasteiger charge is 2.28. The zero-order chi connectivity index (χ0) is 15.2. The first-order valence-corrected chi connectivity index (χ1v) is 7.45. The molecule has 1 aromatic carbocycles. The van der Waals surface area contributed by atoms with E-state index in [9.17, 15) is 14.9 Å². The van der Waals surface area contributed by atoms with Gasteiger partial charge >= 0.3 is 5.69 Å². The molecule has 1 aromatic rings. The number of nitrogens with zero attached hydrogens (tertiary/aromatic N) is 2. The molecular weight excluding hydrogens is 270 g/mol. The standard InChI is InChI=1S/C15H21N3O3/c1-2-9-16-13-8-6-7-12(14(13)18(20)21)15(19)17-10-4-3-5-11-17/h6-8,16H,2-5,9-11H2,1H3. The molecule has 1 aliphatic rings. The number of nitro groups is 1. The molecule has 2 rings (SSSR count). The van der Waals surface area contributed by atoms with Crippen LogP contribution in [0.3, 0.4) is 0 Å². The number of nitrogens with one attached hydrogen (secondary N) is 1. The second-order valence-electron chi connectivity index (χ2n) is 5.24. The SMILES string of the molecule is CCCNc1cccc(C(=O)N2CCCCC2)c1[N+](=O)[O-]. The molecule has 1 N–H and O–H groups in total. The van der Waals surface area contributed by atoms with Crippen molar-refractivity contribution >= 4 is 17.3 Å². The van der Waals surface area contributed by atoms with Gasteiger partial charge in [-0.05, 0) is 37.8 Å². The first-order valence-electron chi connectivity index (χ1n) is 7.45. The predicted octanol–water partition coefficient (Wildman–Crippen LogP) is 3.04. The van der Waals surface area contributed by atoms with E-state index in [1.165, 1.54) is 0 Å². The lowest BCUT2D eigenvalue weighted by Gasteiger charge is -2.26. The third-order valence-corrected chi connectivity index (χ3v) is 3.66. The van der Waals surface area contributed by atoms with Gasteiger partial charge in [-0.15, -0.1) is 0 Å². The van der Waals surface area contributed by atoms with E-state index in [0.29, 0.717) is 25.3 Å². The Balaban J connectivity index is 2.32. The number of nitro benzene ring substituents is 1. The Bertz CT molecular complexity index is 525. The number of benzene rings is 1. The molecule has 1 heterocycles. The first kappa shape index (κ1) is 15.3. The molecule has 1 fully saturated rings. The Hall–Kier alpha value is -2.11. The van der Waals surface area contributed by atoms with Gasteiger partial charge in [0.15, 0.2) is 0 Å². The van der Waals surface area contributed by atoms with Crippen molar-refractivity contribution in [2.45, 2.75) is 32.6 Å². The van der Waals surface area contributed by atoms with Gasteiger partial charge in [-0.25, -0.2) is 0 Å². The fraction of sp³-hybridized carbons (Fsp3) is 0.533. The molecule has 0 atom stereocenters. The number of hydrogen-bond donors (Lipinski definition) is 1. The molecule has 1 amide bonds. The maximum atomic E-state index is 12.5. The molecule has 0 aromatic heterocycles. The van der Waals surface area contributed by atoms with E-state index in [1.807, 2.05) is 6.92 Å². The van der Waals surface area contributed by atoms with Gasteiger partial charge in [-0.3, -0.25) is 14.9 Å². The molecule has 0 radical (unpaired) electrons. The van der Waals surface area contributed by atoms with Crippen LogP contribution < -0.4 is 5.32 Å². The van der Waals surface area contributed by atoms with Crippen LogP contribution in [0.15, 0.2) is 18.2 Å². The second-order valence-corrected chi connectivity index (χ2v) is 5.24. The quantitative estimate of drug-likeness (QED) is 0.668. The molecule has 0 bridgehead atoms. The lowest BCUT2D eigenvalue weighted by molar-refractivity contribution is -0.384. The highest BCUT2D eigenvalue weighted by molar-refractivity contribution is 6.00. The van der Waals surface area contributed by atoms with Crippen molar-refractivity contribution in [3.8, 4) is 0 Å². The molecule has 0 spiro atoms. The molecule has 0 saturated carbocycles. The van der Waals surface area contributed by atoms with Crippen molar-refractivity contribution in [2.75, 3.05) is 25.0 Å². The van der Waals surface area contributed by atoms with Gasteiger partial charge in [-0.1, -0.05) is 13.0 Å². The summed E-state index contributed by atoms with van der Waals surface area (Å²) >= 11 is 0. The van der Waals surface area contributed by atoms with E-state index >= 15 is 0 Å². The highest BCUT2D eigenvalue weighted by Crippen LogP contribution is 2.30. The first-order chi connectivity index (χ1) is 10.1. The Morgan fingerprint density at radius 1 is 1.33 bits per heavy atom. The molecule has 6 nitrogen and oxygen atoms in total. The number of piperidine rings is 1. The number of likely N-dealkylation sites (tertiary alicyclic amines) is 1. The summed E-state index contributed by atoms with van der Waals surface area (Å²) in [6.45, 7) is 4.00. The Morgan fingerprint density at radius 2 is 2.05 bits per heavy atom. The van der Waals surface area contributed by atoms with E-state index in [0.717, 1.165) is 25.7 Å².